The molecule has 5 heteroatoms. The molecular formula is C16H19N3O2. The predicted molar refractivity (Wildman–Crippen MR) is 78.7 cm³/mol. The highest BCUT2D eigenvalue weighted by Crippen LogP contribution is 2.20. The first-order chi connectivity index (χ1) is 10.3. The Hall–Kier alpha value is -2.30. The van der Waals surface area contributed by atoms with Crippen molar-refractivity contribution >= 4 is 6.03 Å². The lowest BCUT2D eigenvalue weighted by Gasteiger charge is -2.17. The van der Waals surface area contributed by atoms with E-state index in [9.17, 15) is 4.79 Å². The van der Waals surface area contributed by atoms with Crippen LogP contribution < -0.4 is 10.6 Å². The summed E-state index contributed by atoms with van der Waals surface area (Å²) in [5.41, 5.74) is 3.47. The van der Waals surface area contributed by atoms with Crippen LogP contribution in [0.5, 0.6) is 0 Å². The molecule has 1 unspecified atom stereocenters. The summed E-state index contributed by atoms with van der Waals surface area (Å²) in [7, 11) is 0. The van der Waals surface area contributed by atoms with Gasteiger partial charge in [0.1, 0.15) is 6.26 Å². The van der Waals surface area contributed by atoms with Gasteiger partial charge < -0.3 is 15.1 Å². The van der Waals surface area contributed by atoms with Crippen molar-refractivity contribution in [1.29, 1.82) is 0 Å². The average Bonchev–Trinajstić information content (AvgIpc) is 2.92. The van der Waals surface area contributed by atoms with Crippen LogP contribution in [0.1, 0.15) is 29.7 Å². The van der Waals surface area contributed by atoms with Crippen molar-refractivity contribution < 1.29 is 9.21 Å². The Morgan fingerprint density at radius 2 is 2.19 bits per heavy atom. The van der Waals surface area contributed by atoms with Crippen molar-refractivity contribution in [3.8, 4) is 0 Å². The second-order valence-corrected chi connectivity index (χ2v) is 5.37. The van der Waals surface area contributed by atoms with Crippen LogP contribution in [0.2, 0.25) is 0 Å². The highest BCUT2D eigenvalue weighted by atomic mass is 16.3. The Morgan fingerprint density at radius 3 is 3.00 bits per heavy atom. The van der Waals surface area contributed by atoms with Gasteiger partial charge in [-0.25, -0.2) is 9.78 Å². The summed E-state index contributed by atoms with van der Waals surface area (Å²) in [6, 6.07) is 8.52. The molecule has 1 aliphatic rings. The van der Waals surface area contributed by atoms with Gasteiger partial charge in [0.15, 0.2) is 6.39 Å². The molecule has 2 aromatic rings. The van der Waals surface area contributed by atoms with Crippen molar-refractivity contribution in [3.05, 3.63) is 53.7 Å². The van der Waals surface area contributed by atoms with Crippen molar-refractivity contribution in [2.75, 3.05) is 0 Å². The number of nitrogens with one attached hydrogen (secondary N) is 2. The lowest BCUT2D eigenvalue weighted by molar-refractivity contribution is 0.235. The summed E-state index contributed by atoms with van der Waals surface area (Å²) in [5, 5.41) is 5.86. The predicted octanol–water partition coefficient (Wildman–Crippen LogP) is 2.42. The summed E-state index contributed by atoms with van der Waals surface area (Å²) in [6.07, 6.45) is 6.99. The second-order valence-electron chi connectivity index (χ2n) is 5.37. The van der Waals surface area contributed by atoms with Gasteiger partial charge in [-0.1, -0.05) is 24.3 Å². The third-order valence-corrected chi connectivity index (χ3v) is 3.83. The van der Waals surface area contributed by atoms with E-state index >= 15 is 0 Å². The third-order valence-electron chi connectivity index (χ3n) is 3.83. The Balaban J connectivity index is 1.54. The van der Waals surface area contributed by atoms with E-state index in [-0.39, 0.29) is 12.1 Å². The van der Waals surface area contributed by atoms with E-state index < -0.39 is 0 Å². The largest absolute Gasteiger partial charge is 0.451 e. The normalized spacial score (nSPS) is 17.6. The molecule has 21 heavy (non-hydrogen) atoms. The second kappa shape index (κ2) is 6.43. The van der Waals surface area contributed by atoms with E-state index in [2.05, 4.69) is 39.9 Å². The maximum Gasteiger partial charge on any atom is 0.315 e. The summed E-state index contributed by atoms with van der Waals surface area (Å²) in [4.78, 5) is 15.9. The third kappa shape index (κ3) is 3.62. The first kappa shape index (κ1) is 13.7. The topological polar surface area (TPSA) is 67.2 Å². The van der Waals surface area contributed by atoms with E-state index in [0.717, 1.165) is 31.4 Å². The maximum atomic E-state index is 12.0. The summed E-state index contributed by atoms with van der Waals surface area (Å²) >= 11 is 0. The number of aromatic nitrogens is 1. The Morgan fingerprint density at radius 1 is 1.33 bits per heavy atom. The lowest BCUT2D eigenvalue weighted by atomic mass is 10.0. The Kier molecular flexibility index (Phi) is 4.19. The number of benzene rings is 1. The zero-order chi connectivity index (χ0) is 14.5. The zero-order valence-corrected chi connectivity index (χ0v) is 11.8. The molecule has 2 N–H and O–H groups in total. The number of carbonyl (C=O) groups excluding carboxylic acids is 1. The highest BCUT2D eigenvalue weighted by Gasteiger charge is 2.18. The fourth-order valence-corrected chi connectivity index (χ4v) is 2.76. The molecule has 1 heterocycles. The van der Waals surface area contributed by atoms with Crippen LogP contribution in [0, 0.1) is 0 Å². The van der Waals surface area contributed by atoms with Crippen LogP contribution in [0.15, 0.2) is 41.3 Å². The van der Waals surface area contributed by atoms with E-state index in [1.807, 2.05) is 0 Å². The fourth-order valence-electron chi connectivity index (χ4n) is 2.76. The molecule has 5 nitrogen and oxygen atoms in total. The zero-order valence-electron chi connectivity index (χ0n) is 11.8. The summed E-state index contributed by atoms with van der Waals surface area (Å²) in [6.45, 7) is 0.381. The molecule has 2 amide bonds. The molecule has 0 saturated carbocycles. The number of rotatable bonds is 3. The van der Waals surface area contributed by atoms with Gasteiger partial charge in [0.2, 0.25) is 0 Å². The van der Waals surface area contributed by atoms with Crippen LogP contribution in [-0.2, 0) is 19.4 Å². The van der Waals surface area contributed by atoms with Gasteiger partial charge >= 0.3 is 6.03 Å². The molecule has 0 spiro atoms. The molecule has 0 aliphatic heterocycles. The van der Waals surface area contributed by atoms with E-state index in [1.165, 1.54) is 23.8 Å². The number of aryl methyl sites for hydroxylation is 1. The van der Waals surface area contributed by atoms with Gasteiger partial charge in [0.05, 0.1) is 12.2 Å². The molecule has 0 saturated heterocycles. The average molecular weight is 285 g/mol. The van der Waals surface area contributed by atoms with E-state index in [4.69, 9.17) is 4.42 Å². The number of oxazole rings is 1. The van der Waals surface area contributed by atoms with Crippen molar-refractivity contribution in [1.82, 2.24) is 15.6 Å². The highest BCUT2D eigenvalue weighted by molar-refractivity contribution is 5.74. The standard InChI is InChI=1S/C16H19N3O2/c20-16(17-9-15-10-21-11-18-15)19-14-7-3-6-12-4-1-2-5-13(12)8-14/h1-2,4-5,10-11,14H,3,6-9H2,(H2,17,19,20). The van der Waals surface area contributed by atoms with Gasteiger partial charge in [0, 0.05) is 6.04 Å². The molecule has 1 aliphatic carbocycles. The molecule has 3 rings (SSSR count). The van der Waals surface area contributed by atoms with Crippen molar-refractivity contribution in [2.45, 2.75) is 38.3 Å². The number of hydrogen-bond acceptors (Lipinski definition) is 3. The molecule has 0 radical (unpaired) electrons. The van der Waals surface area contributed by atoms with Crippen molar-refractivity contribution in [3.63, 3.8) is 0 Å². The Labute approximate surface area is 123 Å². The number of fused-ring (bicyclic) bond motifs is 1. The molecule has 0 bridgehead atoms. The molecule has 1 atom stereocenters. The van der Waals surface area contributed by atoms with Gasteiger partial charge in [0.25, 0.3) is 0 Å². The lowest BCUT2D eigenvalue weighted by Crippen LogP contribution is -2.42. The fraction of sp³-hybridized carbons (Fsp3) is 0.375. The first-order valence-corrected chi connectivity index (χ1v) is 7.29. The summed E-state index contributed by atoms with van der Waals surface area (Å²) in [5.74, 6) is 0. The van der Waals surface area contributed by atoms with Crippen LogP contribution in [0.25, 0.3) is 0 Å². The minimum Gasteiger partial charge on any atom is -0.451 e. The van der Waals surface area contributed by atoms with E-state index in [0.29, 0.717) is 6.54 Å². The van der Waals surface area contributed by atoms with Crippen LogP contribution in [-0.4, -0.2) is 17.1 Å². The van der Waals surface area contributed by atoms with Gasteiger partial charge in [-0.2, -0.15) is 0 Å². The number of carbonyl (C=O) groups is 1. The molecule has 1 aromatic carbocycles. The number of nitrogens with zero attached hydrogens (tertiary/aromatic N) is 1. The molecular weight excluding hydrogens is 266 g/mol. The molecule has 1 aromatic heterocycles. The summed E-state index contributed by atoms with van der Waals surface area (Å²) < 4.78 is 4.87. The van der Waals surface area contributed by atoms with Gasteiger partial charge in [-0.05, 0) is 36.8 Å². The Bertz CT molecular complexity index is 595. The minimum absolute atomic E-state index is 0.151. The quantitative estimate of drug-likeness (QED) is 0.851. The number of amides is 2. The van der Waals surface area contributed by atoms with Gasteiger partial charge in [-0.3, -0.25) is 0 Å². The van der Waals surface area contributed by atoms with E-state index in [1.54, 1.807) is 0 Å². The van der Waals surface area contributed by atoms with Crippen LogP contribution >= 0.6 is 0 Å². The smallest absolute Gasteiger partial charge is 0.315 e. The van der Waals surface area contributed by atoms with Crippen molar-refractivity contribution in [2.24, 2.45) is 0 Å². The molecule has 0 fully saturated rings. The molecule has 110 valence electrons. The SMILES string of the molecule is O=C(NCc1cocn1)NC1CCCc2ccccc2C1. The minimum atomic E-state index is -0.151. The number of hydrogen-bond donors (Lipinski definition) is 2. The first-order valence-electron chi connectivity index (χ1n) is 7.29. The van der Waals surface area contributed by atoms with Gasteiger partial charge in [-0.15, -0.1) is 0 Å². The number of urea groups is 1. The van der Waals surface area contributed by atoms with Crippen LogP contribution in [0.4, 0.5) is 4.79 Å². The monoisotopic (exact) mass is 285 g/mol. The maximum absolute atomic E-state index is 12.0. The van der Waals surface area contributed by atoms with Crippen LogP contribution in [0.3, 0.4) is 0 Å².